The van der Waals surface area contributed by atoms with Crippen molar-refractivity contribution >= 4 is 56.6 Å². The molecule has 0 N–H and O–H groups in total. The first kappa shape index (κ1) is 21.9. The molecule has 5 nitrogen and oxygen atoms in total. The Labute approximate surface area is 183 Å². The van der Waals surface area contributed by atoms with Crippen molar-refractivity contribution in [1.82, 2.24) is 9.88 Å². The van der Waals surface area contributed by atoms with Crippen LogP contribution < -0.4 is 4.90 Å². The molecule has 0 radical (unpaired) electrons. The lowest BCUT2D eigenvalue weighted by atomic mass is 10.2. The Kier molecular flexibility index (Phi) is 7.43. The van der Waals surface area contributed by atoms with Crippen molar-refractivity contribution in [3.05, 3.63) is 58.9 Å². The number of hydrogen-bond donors (Lipinski definition) is 0. The molecule has 1 aliphatic rings. The maximum atomic E-state index is 14.1. The topological polar surface area (TPSA) is 45.7 Å². The molecule has 154 valence electrons. The average molecular weight is 456 g/mol. The van der Waals surface area contributed by atoms with Crippen molar-refractivity contribution in [2.45, 2.75) is 0 Å². The minimum atomic E-state index is -0.386. The van der Waals surface area contributed by atoms with E-state index in [0.29, 0.717) is 46.7 Å². The molecule has 1 amide bonds. The van der Waals surface area contributed by atoms with Crippen LogP contribution in [0.3, 0.4) is 0 Å². The van der Waals surface area contributed by atoms with Gasteiger partial charge in [0.1, 0.15) is 11.3 Å². The van der Waals surface area contributed by atoms with Gasteiger partial charge in [0, 0.05) is 36.8 Å². The van der Waals surface area contributed by atoms with E-state index in [4.69, 9.17) is 16.3 Å². The molecule has 1 saturated heterocycles. The number of carbonyl (C=O) groups is 1. The number of amides is 1. The highest BCUT2D eigenvalue weighted by Crippen LogP contribution is 2.31. The van der Waals surface area contributed by atoms with Crippen molar-refractivity contribution in [1.29, 1.82) is 0 Å². The van der Waals surface area contributed by atoms with Crippen LogP contribution in [0.1, 0.15) is 10.4 Å². The van der Waals surface area contributed by atoms with Crippen LogP contribution in [0.4, 0.5) is 9.52 Å². The summed E-state index contributed by atoms with van der Waals surface area (Å²) < 4.78 is 20.2. The first-order chi connectivity index (χ1) is 13.6. The minimum Gasteiger partial charge on any atom is -0.379 e. The number of thiazole rings is 1. The van der Waals surface area contributed by atoms with Gasteiger partial charge in [-0.05, 0) is 30.3 Å². The Balaban J connectivity index is 0.00000240. The Morgan fingerprint density at radius 1 is 1.24 bits per heavy atom. The van der Waals surface area contributed by atoms with Gasteiger partial charge in [0.15, 0.2) is 5.13 Å². The summed E-state index contributed by atoms with van der Waals surface area (Å²) >= 11 is 7.38. The number of para-hydroxylation sites is 1. The first-order valence-electron chi connectivity index (χ1n) is 9.04. The number of carbonyl (C=O) groups excluding carboxylic acids is 1. The van der Waals surface area contributed by atoms with Gasteiger partial charge in [-0.1, -0.05) is 35.1 Å². The highest BCUT2D eigenvalue weighted by Gasteiger charge is 2.23. The van der Waals surface area contributed by atoms with E-state index in [0.717, 1.165) is 13.1 Å². The lowest BCUT2D eigenvalue weighted by Crippen LogP contribution is -2.43. The quantitative estimate of drug-likeness (QED) is 0.568. The molecule has 0 spiro atoms. The van der Waals surface area contributed by atoms with Gasteiger partial charge in [-0.2, -0.15) is 0 Å². The molecule has 1 fully saturated rings. The Morgan fingerprint density at radius 3 is 2.72 bits per heavy atom. The van der Waals surface area contributed by atoms with E-state index in [1.807, 2.05) is 6.07 Å². The molecular formula is C20H20Cl2FN3O2S. The van der Waals surface area contributed by atoms with Crippen LogP contribution in [0.2, 0.25) is 5.02 Å². The van der Waals surface area contributed by atoms with Gasteiger partial charge < -0.3 is 4.74 Å². The molecule has 0 atom stereocenters. The van der Waals surface area contributed by atoms with Gasteiger partial charge in [-0.3, -0.25) is 14.6 Å². The summed E-state index contributed by atoms with van der Waals surface area (Å²) in [5, 5.41) is 0.979. The normalized spacial score (nSPS) is 14.6. The third-order valence-corrected chi connectivity index (χ3v) is 5.93. The number of hydrogen-bond acceptors (Lipinski definition) is 5. The summed E-state index contributed by atoms with van der Waals surface area (Å²) in [6, 6.07) is 11.7. The maximum Gasteiger partial charge on any atom is 0.260 e. The predicted octanol–water partition coefficient (Wildman–Crippen LogP) is 4.49. The summed E-state index contributed by atoms with van der Waals surface area (Å²) in [4.78, 5) is 21.5. The lowest BCUT2D eigenvalue weighted by Gasteiger charge is -2.29. The Morgan fingerprint density at radius 2 is 2.00 bits per heavy atom. The second-order valence-electron chi connectivity index (χ2n) is 6.50. The molecule has 1 aliphatic heterocycles. The highest BCUT2D eigenvalue weighted by atomic mass is 35.5. The van der Waals surface area contributed by atoms with Gasteiger partial charge in [0.2, 0.25) is 0 Å². The van der Waals surface area contributed by atoms with Crippen LogP contribution in [-0.4, -0.2) is 55.2 Å². The van der Waals surface area contributed by atoms with Gasteiger partial charge in [0.05, 0.1) is 17.9 Å². The fourth-order valence-electron chi connectivity index (χ4n) is 3.15. The fraction of sp³-hybridized carbons (Fsp3) is 0.300. The van der Waals surface area contributed by atoms with E-state index in [-0.39, 0.29) is 29.6 Å². The predicted molar refractivity (Wildman–Crippen MR) is 117 cm³/mol. The van der Waals surface area contributed by atoms with Crippen molar-refractivity contribution in [2.24, 2.45) is 0 Å². The molecule has 0 saturated carbocycles. The zero-order valence-corrected chi connectivity index (χ0v) is 17.9. The van der Waals surface area contributed by atoms with Crippen LogP contribution in [0.25, 0.3) is 10.2 Å². The van der Waals surface area contributed by atoms with Crippen molar-refractivity contribution in [3.8, 4) is 0 Å². The van der Waals surface area contributed by atoms with Crippen molar-refractivity contribution in [3.63, 3.8) is 0 Å². The third-order valence-electron chi connectivity index (χ3n) is 4.65. The molecule has 2 heterocycles. The van der Waals surface area contributed by atoms with Crippen LogP contribution in [-0.2, 0) is 4.74 Å². The standard InChI is InChI=1S/C20H19ClFN3O2S.ClH/c21-15-4-1-3-14(13-15)19(26)25(8-7-24-9-11-27-12-10-24)20-23-18-16(22)5-2-6-17(18)28-20;/h1-6,13H,7-12H2;1H. The Bertz CT molecular complexity index is 995. The summed E-state index contributed by atoms with van der Waals surface area (Å²) in [7, 11) is 0. The molecule has 0 bridgehead atoms. The first-order valence-corrected chi connectivity index (χ1v) is 10.2. The number of ether oxygens (including phenoxy) is 1. The lowest BCUT2D eigenvalue weighted by molar-refractivity contribution is 0.0391. The zero-order valence-electron chi connectivity index (χ0n) is 15.5. The van der Waals surface area contributed by atoms with E-state index in [2.05, 4.69) is 9.88 Å². The maximum absolute atomic E-state index is 14.1. The van der Waals surface area contributed by atoms with Gasteiger partial charge >= 0.3 is 0 Å². The molecule has 0 unspecified atom stereocenters. The summed E-state index contributed by atoms with van der Waals surface area (Å²) in [6.07, 6.45) is 0. The average Bonchev–Trinajstić information content (AvgIpc) is 3.14. The molecule has 2 aromatic carbocycles. The van der Waals surface area contributed by atoms with Crippen molar-refractivity contribution in [2.75, 3.05) is 44.3 Å². The number of rotatable bonds is 5. The van der Waals surface area contributed by atoms with E-state index < -0.39 is 0 Å². The van der Waals surface area contributed by atoms with Gasteiger partial charge in [-0.15, -0.1) is 12.4 Å². The molecule has 3 aromatic rings. The van der Waals surface area contributed by atoms with E-state index in [1.165, 1.54) is 17.4 Å². The van der Waals surface area contributed by atoms with Crippen LogP contribution in [0, 0.1) is 5.82 Å². The molecule has 29 heavy (non-hydrogen) atoms. The van der Waals surface area contributed by atoms with Gasteiger partial charge in [-0.25, -0.2) is 9.37 Å². The minimum absolute atomic E-state index is 0. The van der Waals surface area contributed by atoms with E-state index in [9.17, 15) is 9.18 Å². The fourth-order valence-corrected chi connectivity index (χ4v) is 4.34. The number of anilines is 1. The van der Waals surface area contributed by atoms with Crippen LogP contribution in [0.5, 0.6) is 0 Å². The number of fused-ring (bicyclic) bond motifs is 1. The number of morpholine rings is 1. The number of benzene rings is 2. The molecule has 1 aromatic heterocycles. The summed E-state index contributed by atoms with van der Waals surface area (Å²) in [5.74, 6) is -0.585. The third kappa shape index (κ3) is 5.05. The molecule has 0 aliphatic carbocycles. The van der Waals surface area contributed by atoms with E-state index >= 15 is 0 Å². The molecule has 4 rings (SSSR count). The van der Waals surface area contributed by atoms with Crippen molar-refractivity contribution < 1.29 is 13.9 Å². The SMILES string of the molecule is Cl.O=C(c1cccc(Cl)c1)N(CCN1CCOCC1)c1nc2c(F)cccc2s1. The molecular weight excluding hydrogens is 436 g/mol. The molecule has 9 heteroatoms. The Hall–Kier alpha value is -1.77. The second-order valence-corrected chi connectivity index (χ2v) is 7.95. The monoisotopic (exact) mass is 455 g/mol. The largest absolute Gasteiger partial charge is 0.379 e. The second kappa shape index (κ2) is 9.82. The number of aromatic nitrogens is 1. The zero-order chi connectivity index (χ0) is 19.5. The summed E-state index contributed by atoms with van der Waals surface area (Å²) in [6.45, 7) is 4.17. The smallest absolute Gasteiger partial charge is 0.260 e. The highest BCUT2D eigenvalue weighted by molar-refractivity contribution is 7.22. The number of nitrogens with zero attached hydrogens (tertiary/aromatic N) is 3. The summed E-state index contributed by atoms with van der Waals surface area (Å²) in [5.41, 5.74) is 0.770. The van der Waals surface area contributed by atoms with Crippen LogP contribution >= 0.6 is 35.3 Å². The van der Waals surface area contributed by atoms with Gasteiger partial charge in [0.25, 0.3) is 5.91 Å². The van der Waals surface area contributed by atoms with Crippen LogP contribution in [0.15, 0.2) is 42.5 Å². The van der Waals surface area contributed by atoms with E-state index in [1.54, 1.807) is 35.2 Å². The number of halogens is 3.